The van der Waals surface area contributed by atoms with Crippen LogP contribution < -0.4 is 5.32 Å². The lowest BCUT2D eigenvalue weighted by molar-refractivity contribution is -0.160. The molecule has 0 aromatic carbocycles. The van der Waals surface area contributed by atoms with Crippen molar-refractivity contribution < 1.29 is 13.6 Å². The maximum atomic E-state index is 13.4. The maximum absolute atomic E-state index is 13.4. The maximum Gasteiger partial charge on any atom is 0.325 e. The molecule has 88 valence electrons. The fraction of sp³-hybridized carbons (Fsp3) is 0.900. The number of nitrogens with zero attached hydrogens (tertiary/aromatic N) is 1. The fourth-order valence-corrected chi connectivity index (χ4v) is 1.70. The van der Waals surface area contributed by atoms with Gasteiger partial charge < -0.3 is 10.2 Å². The number of carbonyl (C=O) groups is 1. The third-order valence-corrected chi connectivity index (χ3v) is 2.38. The summed E-state index contributed by atoms with van der Waals surface area (Å²) in [5, 5.41) is 3.02. The SMILES string of the molecule is CC(C)CC(F)(F)C(=O)N1CCNCC1. The van der Waals surface area contributed by atoms with Crippen molar-refractivity contribution in [2.45, 2.75) is 26.2 Å². The molecule has 1 heterocycles. The molecule has 0 bridgehead atoms. The van der Waals surface area contributed by atoms with Gasteiger partial charge in [0.05, 0.1) is 0 Å². The Kier molecular flexibility index (Phi) is 4.02. The Morgan fingerprint density at radius 3 is 2.40 bits per heavy atom. The minimum atomic E-state index is -3.20. The monoisotopic (exact) mass is 220 g/mol. The highest BCUT2D eigenvalue weighted by Crippen LogP contribution is 2.25. The molecule has 0 spiro atoms. The van der Waals surface area contributed by atoms with Gasteiger partial charge in [0.2, 0.25) is 0 Å². The van der Waals surface area contributed by atoms with Crippen molar-refractivity contribution >= 4 is 5.91 Å². The van der Waals surface area contributed by atoms with Gasteiger partial charge in [-0.05, 0) is 5.92 Å². The van der Waals surface area contributed by atoms with E-state index in [1.54, 1.807) is 13.8 Å². The Labute approximate surface area is 88.8 Å². The van der Waals surface area contributed by atoms with Gasteiger partial charge in [0.1, 0.15) is 0 Å². The first-order valence-electron chi connectivity index (χ1n) is 5.31. The van der Waals surface area contributed by atoms with Crippen molar-refractivity contribution in [3.63, 3.8) is 0 Å². The molecule has 1 rings (SSSR count). The smallest absolute Gasteiger partial charge is 0.325 e. The van der Waals surface area contributed by atoms with Crippen molar-refractivity contribution in [2.24, 2.45) is 5.92 Å². The van der Waals surface area contributed by atoms with Gasteiger partial charge >= 0.3 is 5.92 Å². The minimum absolute atomic E-state index is 0.174. The van der Waals surface area contributed by atoms with E-state index in [1.807, 2.05) is 0 Å². The molecule has 1 amide bonds. The van der Waals surface area contributed by atoms with Gasteiger partial charge in [0, 0.05) is 32.6 Å². The topological polar surface area (TPSA) is 32.3 Å². The molecule has 15 heavy (non-hydrogen) atoms. The largest absolute Gasteiger partial charge is 0.335 e. The van der Waals surface area contributed by atoms with Gasteiger partial charge in [-0.15, -0.1) is 0 Å². The lowest BCUT2D eigenvalue weighted by atomic mass is 10.0. The standard InChI is InChI=1S/C10H18F2N2O/c1-8(2)7-10(11,12)9(15)14-5-3-13-4-6-14/h8,13H,3-7H2,1-2H3. The van der Waals surface area contributed by atoms with Gasteiger partial charge in [-0.25, -0.2) is 0 Å². The molecule has 0 radical (unpaired) electrons. The van der Waals surface area contributed by atoms with Crippen molar-refractivity contribution in [2.75, 3.05) is 26.2 Å². The van der Waals surface area contributed by atoms with E-state index in [2.05, 4.69) is 5.32 Å². The van der Waals surface area contributed by atoms with Crippen LogP contribution in [0.15, 0.2) is 0 Å². The Morgan fingerprint density at radius 1 is 1.40 bits per heavy atom. The Morgan fingerprint density at radius 2 is 1.93 bits per heavy atom. The average molecular weight is 220 g/mol. The van der Waals surface area contributed by atoms with E-state index < -0.39 is 11.8 Å². The second-order valence-corrected chi connectivity index (χ2v) is 4.34. The van der Waals surface area contributed by atoms with Crippen LogP contribution in [0.3, 0.4) is 0 Å². The van der Waals surface area contributed by atoms with Crippen LogP contribution in [-0.4, -0.2) is 42.9 Å². The molecule has 0 aromatic rings. The first-order chi connectivity index (χ1) is 6.93. The minimum Gasteiger partial charge on any atom is -0.335 e. The zero-order valence-corrected chi connectivity index (χ0v) is 9.22. The summed E-state index contributed by atoms with van der Waals surface area (Å²) < 4.78 is 26.9. The van der Waals surface area contributed by atoms with Gasteiger partial charge in [0.25, 0.3) is 5.91 Å². The van der Waals surface area contributed by atoms with E-state index in [4.69, 9.17) is 0 Å². The molecule has 0 unspecified atom stereocenters. The van der Waals surface area contributed by atoms with Crippen LogP contribution in [0.5, 0.6) is 0 Å². The molecule has 1 fully saturated rings. The van der Waals surface area contributed by atoms with E-state index in [9.17, 15) is 13.6 Å². The molecular formula is C10H18F2N2O. The van der Waals surface area contributed by atoms with E-state index in [-0.39, 0.29) is 12.3 Å². The summed E-state index contributed by atoms with van der Waals surface area (Å²) in [6, 6.07) is 0. The number of rotatable bonds is 3. The highest BCUT2D eigenvalue weighted by molar-refractivity contribution is 5.83. The van der Waals surface area contributed by atoms with E-state index in [0.29, 0.717) is 26.2 Å². The number of piperazine rings is 1. The zero-order chi connectivity index (χ0) is 11.5. The van der Waals surface area contributed by atoms with Crippen molar-refractivity contribution in [3.8, 4) is 0 Å². The number of amides is 1. The molecule has 1 N–H and O–H groups in total. The Hall–Kier alpha value is -0.710. The summed E-state index contributed by atoms with van der Waals surface area (Å²) in [4.78, 5) is 12.8. The second-order valence-electron chi connectivity index (χ2n) is 4.34. The summed E-state index contributed by atoms with van der Waals surface area (Å²) in [6.07, 6.45) is -0.365. The lowest BCUT2D eigenvalue weighted by Crippen LogP contribution is -2.52. The molecule has 0 atom stereocenters. The first-order valence-corrected chi connectivity index (χ1v) is 5.31. The van der Waals surface area contributed by atoms with Crippen LogP contribution in [0.4, 0.5) is 8.78 Å². The Balaban J connectivity index is 2.56. The predicted octanol–water partition coefficient (Wildman–Crippen LogP) is 1.10. The van der Waals surface area contributed by atoms with Crippen LogP contribution in [0.25, 0.3) is 0 Å². The van der Waals surface area contributed by atoms with E-state index >= 15 is 0 Å². The molecule has 0 aromatic heterocycles. The van der Waals surface area contributed by atoms with Gasteiger partial charge in [0.15, 0.2) is 0 Å². The number of halogens is 2. The highest BCUT2D eigenvalue weighted by atomic mass is 19.3. The second kappa shape index (κ2) is 4.88. The molecule has 1 saturated heterocycles. The molecule has 1 aliphatic rings. The van der Waals surface area contributed by atoms with Crippen LogP contribution in [0, 0.1) is 5.92 Å². The first kappa shape index (κ1) is 12.4. The molecule has 5 heteroatoms. The van der Waals surface area contributed by atoms with Gasteiger partial charge in [-0.2, -0.15) is 8.78 Å². The number of nitrogens with one attached hydrogen (secondary N) is 1. The number of carbonyl (C=O) groups excluding carboxylic acids is 1. The average Bonchev–Trinajstić information content (AvgIpc) is 2.16. The zero-order valence-electron chi connectivity index (χ0n) is 9.22. The number of alkyl halides is 2. The van der Waals surface area contributed by atoms with Crippen molar-refractivity contribution in [3.05, 3.63) is 0 Å². The fourth-order valence-electron chi connectivity index (χ4n) is 1.70. The van der Waals surface area contributed by atoms with Crippen molar-refractivity contribution in [1.82, 2.24) is 10.2 Å². The Bertz CT molecular complexity index is 225. The molecule has 1 aliphatic heterocycles. The summed E-state index contributed by atoms with van der Waals surface area (Å²) in [7, 11) is 0. The van der Waals surface area contributed by atoms with Crippen molar-refractivity contribution in [1.29, 1.82) is 0 Å². The summed E-state index contributed by atoms with van der Waals surface area (Å²) in [6.45, 7) is 5.35. The molecule has 3 nitrogen and oxygen atoms in total. The van der Waals surface area contributed by atoms with Crippen LogP contribution >= 0.6 is 0 Å². The van der Waals surface area contributed by atoms with E-state index in [1.165, 1.54) is 4.90 Å². The van der Waals surface area contributed by atoms with Crippen LogP contribution in [0.1, 0.15) is 20.3 Å². The highest BCUT2D eigenvalue weighted by Gasteiger charge is 2.42. The summed E-state index contributed by atoms with van der Waals surface area (Å²) in [5.74, 6) is -4.39. The lowest BCUT2D eigenvalue weighted by Gasteiger charge is -2.31. The summed E-state index contributed by atoms with van der Waals surface area (Å²) >= 11 is 0. The predicted molar refractivity (Wildman–Crippen MR) is 53.9 cm³/mol. The van der Waals surface area contributed by atoms with Crippen LogP contribution in [-0.2, 0) is 4.79 Å². The quantitative estimate of drug-likeness (QED) is 0.772. The molecule has 0 saturated carbocycles. The van der Waals surface area contributed by atoms with Crippen LogP contribution in [0.2, 0.25) is 0 Å². The summed E-state index contributed by atoms with van der Waals surface area (Å²) in [5.41, 5.74) is 0. The number of hydrogen-bond donors (Lipinski definition) is 1. The van der Waals surface area contributed by atoms with Gasteiger partial charge in [-0.3, -0.25) is 4.79 Å². The van der Waals surface area contributed by atoms with Gasteiger partial charge in [-0.1, -0.05) is 13.8 Å². The normalized spacial score (nSPS) is 18.3. The molecule has 0 aliphatic carbocycles. The van der Waals surface area contributed by atoms with E-state index in [0.717, 1.165) is 0 Å². The third kappa shape index (κ3) is 3.41. The number of hydrogen-bond acceptors (Lipinski definition) is 2. The third-order valence-electron chi connectivity index (χ3n) is 2.38. The molecular weight excluding hydrogens is 202 g/mol.